The van der Waals surface area contributed by atoms with Gasteiger partial charge in [-0.2, -0.15) is 5.10 Å². The van der Waals surface area contributed by atoms with Crippen LogP contribution in [-0.2, 0) is 13.1 Å². The molecular formula is C16H14N6O2S. The van der Waals surface area contributed by atoms with Crippen LogP contribution in [0.4, 0.5) is 5.69 Å². The number of fused-ring (bicyclic) bond motifs is 1. The first-order chi connectivity index (χ1) is 12.2. The van der Waals surface area contributed by atoms with Crippen molar-refractivity contribution in [1.82, 2.24) is 24.3 Å². The Kier molecular flexibility index (Phi) is 3.98. The van der Waals surface area contributed by atoms with Crippen LogP contribution < -0.4 is 5.32 Å². The third-order valence-corrected chi connectivity index (χ3v) is 4.43. The van der Waals surface area contributed by atoms with Crippen molar-refractivity contribution >= 4 is 29.0 Å². The summed E-state index contributed by atoms with van der Waals surface area (Å²) in [6.45, 7) is 1.45. The number of hydrogen-bond acceptors (Lipinski definition) is 6. The molecular weight excluding hydrogens is 340 g/mol. The van der Waals surface area contributed by atoms with Crippen molar-refractivity contribution in [2.45, 2.75) is 13.1 Å². The second-order valence-corrected chi connectivity index (χ2v) is 6.19. The molecule has 9 heteroatoms. The predicted octanol–water partition coefficient (Wildman–Crippen LogP) is 1.64. The van der Waals surface area contributed by atoms with Gasteiger partial charge in [0.25, 0.3) is 11.8 Å². The number of para-hydroxylation sites is 1. The molecule has 0 fully saturated rings. The zero-order valence-corrected chi connectivity index (χ0v) is 13.9. The minimum absolute atomic E-state index is 0.156. The highest BCUT2D eigenvalue weighted by Gasteiger charge is 2.25. The topological polar surface area (TPSA) is 93.0 Å². The number of hydrogen-bond donors (Lipinski definition) is 1. The Bertz CT molecular complexity index is 906. The Morgan fingerprint density at radius 2 is 1.96 bits per heavy atom. The molecule has 1 aliphatic heterocycles. The molecule has 0 bridgehead atoms. The first-order valence-corrected chi connectivity index (χ1v) is 8.54. The Morgan fingerprint density at radius 1 is 1.12 bits per heavy atom. The van der Waals surface area contributed by atoms with E-state index in [9.17, 15) is 9.59 Å². The number of nitrogens with zero attached hydrogens (tertiary/aromatic N) is 5. The lowest BCUT2D eigenvalue weighted by Crippen LogP contribution is -2.38. The maximum atomic E-state index is 12.4. The van der Waals surface area contributed by atoms with E-state index in [0.29, 0.717) is 36.7 Å². The van der Waals surface area contributed by atoms with Crippen LogP contribution in [0.3, 0.4) is 0 Å². The number of amides is 2. The van der Waals surface area contributed by atoms with E-state index in [2.05, 4.69) is 20.0 Å². The van der Waals surface area contributed by atoms with E-state index in [0.717, 1.165) is 17.2 Å². The lowest BCUT2D eigenvalue weighted by atomic mass is 10.2. The van der Waals surface area contributed by atoms with Crippen LogP contribution in [0.25, 0.3) is 0 Å². The van der Waals surface area contributed by atoms with Gasteiger partial charge in [-0.05, 0) is 29.7 Å². The Labute approximate surface area is 147 Å². The van der Waals surface area contributed by atoms with Gasteiger partial charge in [0.05, 0.1) is 18.8 Å². The predicted molar refractivity (Wildman–Crippen MR) is 91.3 cm³/mol. The molecule has 3 heterocycles. The zero-order valence-electron chi connectivity index (χ0n) is 13.1. The Morgan fingerprint density at radius 3 is 2.72 bits per heavy atom. The molecule has 1 aliphatic rings. The molecule has 0 saturated heterocycles. The van der Waals surface area contributed by atoms with Gasteiger partial charge in [0.15, 0.2) is 11.4 Å². The largest absolute Gasteiger partial charge is 0.329 e. The smallest absolute Gasteiger partial charge is 0.276 e. The summed E-state index contributed by atoms with van der Waals surface area (Å²) in [5.41, 5.74) is 2.22. The van der Waals surface area contributed by atoms with Gasteiger partial charge in [-0.1, -0.05) is 22.7 Å². The van der Waals surface area contributed by atoms with E-state index in [1.807, 2.05) is 30.3 Å². The first kappa shape index (κ1) is 15.5. The minimum atomic E-state index is -0.269. The van der Waals surface area contributed by atoms with Crippen molar-refractivity contribution in [3.63, 3.8) is 0 Å². The van der Waals surface area contributed by atoms with Gasteiger partial charge >= 0.3 is 0 Å². The third-order valence-electron chi connectivity index (χ3n) is 3.93. The Balaban J connectivity index is 1.49. The summed E-state index contributed by atoms with van der Waals surface area (Å²) in [5, 5.41) is 12.6. The molecule has 2 amide bonds. The molecule has 25 heavy (non-hydrogen) atoms. The van der Waals surface area contributed by atoms with Gasteiger partial charge in [0, 0.05) is 17.6 Å². The van der Waals surface area contributed by atoms with Crippen molar-refractivity contribution in [3.8, 4) is 0 Å². The van der Waals surface area contributed by atoms with Gasteiger partial charge < -0.3 is 10.2 Å². The first-order valence-electron chi connectivity index (χ1n) is 7.70. The van der Waals surface area contributed by atoms with Gasteiger partial charge in [0.1, 0.15) is 0 Å². The van der Waals surface area contributed by atoms with Crippen molar-refractivity contribution in [2.75, 3.05) is 11.9 Å². The summed E-state index contributed by atoms with van der Waals surface area (Å²) < 4.78 is 5.49. The molecule has 0 radical (unpaired) electrons. The lowest BCUT2D eigenvalue weighted by Gasteiger charge is -2.26. The molecule has 0 saturated carbocycles. The van der Waals surface area contributed by atoms with Crippen molar-refractivity contribution in [1.29, 1.82) is 0 Å². The molecule has 0 aliphatic carbocycles. The molecule has 3 aromatic rings. The van der Waals surface area contributed by atoms with E-state index < -0.39 is 0 Å². The summed E-state index contributed by atoms with van der Waals surface area (Å²) in [6, 6.07) is 10.9. The molecule has 0 atom stereocenters. The SMILES string of the molecule is O=C(Nc1ccccc1)c1cc2n(n1)CCN(C(=O)c1csnn1)C2. The summed E-state index contributed by atoms with van der Waals surface area (Å²) in [6.07, 6.45) is 0. The normalized spacial score (nSPS) is 13.4. The third kappa shape index (κ3) is 3.13. The fourth-order valence-electron chi connectivity index (χ4n) is 2.69. The number of benzene rings is 1. The Hall–Kier alpha value is -3.07. The molecule has 0 spiro atoms. The highest BCUT2D eigenvalue weighted by atomic mass is 32.1. The monoisotopic (exact) mass is 354 g/mol. The van der Waals surface area contributed by atoms with Crippen LogP contribution in [-0.4, -0.2) is 42.6 Å². The highest BCUT2D eigenvalue weighted by Crippen LogP contribution is 2.17. The standard InChI is InChI=1S/C16H14N6O2S/c23-15(17-11-4-2-1-3-5-11)13-8-12-9-21(6-7-22(12)19-13)16(24)14-10-25-20-18-14/h1-5,8,10H,6-7,9H2,(H,17,23). The van der Waals surface area contributed by atoms with Crippen LogP contribution in [0.5, 0.6) is 0 Å². The maximum Gasteiger partial charge on any atom is 0.276 e. The van der Waals surface area contributed by atoms with E-state index in [-0.39, 0.29) is 11.8 Å². The molecule has 2 aromatic heterocycles. The maximum absolute atomic E-state index is 12.4. The summed E-state index contributed by atoms with van der Waals surface area (Å²) in [7, 11) is 0. The van der Waals surface area contributed by atoms with Crippen LogP contribution in [0, 0.1) is 0 Å². The average molecular weight is 354 g/mol. The summed E-state index contributed by atoms with van der Waals surface area (Å²) in [4.78, 5) is 26.4. The van der Waals surface area contributed by atoms with Crippen LogP contribution in [0.15, 0.2) is 41.8 Å². The van der Waals surface area contributed by atoms with Gasteiger partial charge in [0.2, 0.25) is 0 Å². The number of aromatic nitrogens is 4. The number of carbonyl (C=O) groups is 2. The molecule has 126 valence electrons. The molecule has 4 rings (SSSR count). The second kappa shape index (κ2) is 6.44. The van der Waals surface area contributed by atoms with E-state index >= 15 is 0 Å². The number of anilines is 1. The quantitative estimate of drug-likeness (QED) is 0.772. The minimum Gasteiger partial charge on any atom is -0.329 e. The molecule has 1 aromatic carbocycles. The lowest BCUT2D eigenvalue weighted by molar-refractivity contribution is 0.0699. The van der Waals surface area contributed by atoms with E-state index in [4.69, 9.17) is 0 Å². The number of nitrogens with one attached hydrogen (secondary N) is 1. The molecule has 8 nitrogen and oxygen atoms in total. The van der Waals surface area contributed by atoms with Gasteiger partial charge in [-0.3, -0.25) is 14.3 Å². The average Bonchev–Trinajstić information content (AvgIpc) is 3.31. The van der Waals surface area contributed by atoms with E-state index in [1.54, 1.807) is 21.0 Å². The van der Waals surface area contributed by atoms with Crippen molar-refractivity contribution in [3.05, 3.63) is 58.9 Å². The van der Waals surface area contributed by atoms with Crippen molar-refractivity contribution in [2.24, 2.45) is 0 Å². The van der Waals surface area contributed by atoms with Crippen LogP contribution in [0.1, 0.15) is 26.7 Å². The number of carbonyl (C=O) groups excluding carboxylic acids is 2. The van der Waals surface area contributed by atoms with Gasteiger partial charge in [-0.25, -0.2) is 0 Å². The zero-order chi connectivity index (χ0) is 17.2. The highest BCUT2D eigenvalue weighted by molar-refractivity contribution is 7.03. The fourth-order valence-corrected chi connectivity index (χ4v) is 3.12. The number of rotatable bonds is 3. The molecule has 1 N–H and O–H groups in total. The van der Waals surface area contributed by atoms with E-state index in [1.165, 1.54) is 0 Å². The van der Waals surface area contributed by atoms with Crippen LogP contribution >= 0.6 is 11.5 Å². The fraction of sp³-hybridized carbons (Fsp3) is 0.188. The van der Waals surface area contributed by atoms with Crippen molar-refractivity contribution < 1.29 is 9.59 Å². The second-order valence-electron chi connectivity index (χ2n) is 5.58. The summed E-state index contributed by atoms with van der Waals surface area (Å²) >= 11 is 1.15. The summed E-state index contributed by atoms with van der Waals surface area (Å²) in [5.74, 6) is -0.425. The van der Waals surface area contributed by atoms with Crippen LogP contribution in [0.2, 0.25) is 0 Å². The molecule has 0 unspecified atom stereocenters. The van der Waals surface area contributed by atoms with Gasteiger partial charge in [-0.15, -0.1) is 5.10 Å².